The topological polar surface area (TPSA) is 41.5 Å². The predicted molar refractivity (Wildman–Crippen MR) is 45.6 cm³/mol. The van der Waals surface area contributed by atoms with Gasteiger partial charge >= 0.3 is 0 Å². The smallest absolute Gasteiger partial charge is 0.0638 e. The van der Waals surface area contributed by atoms with Gasteiger partial charge in [0.05, 0.1) is 19.3 Å². The van der Waals surface area contributed by atoms with Crippen molar-refractivity contribution in [2.75, 3.05) is 26.9 Å². The van der Waals surface area contributed by atoms with E-state index in [1.54, 1.807) is 7.11 Å². The minimum absolute atomic E-state index is 0.0520. The van der Waals surface area contributed by atoms with Gasteiger partial charge in [-0.05, 0) is 6.92 Å². The maximum Gasteiger partial charge on any atom is 0.0638 e. The maximum absolute atomic E-state index is 8.79. The van der Waals surface area contributed by atoms with Gasteiger partial charge < -0.3 is 15.2 Å². The number of allylic oxidation sites excluding steroid dienone is 1. The monoisotopic (exact) mass is 159 g/mol. The third-order valence-corrected chi connectivity index (χ3v) is 1.35. The lowest BCUT2D eigenvalue weighted by Gasteiger charge is -2.12. The zero-order valence-electron chi connectivity index (χ0n) is 7.21. The molecular formula is C8H17NO2. The Morgan fingerprint density at radius 1 is 1.64 bits per heavy atom. The molecule has 0 aromatic heterocycles. The molecule has 0 rings (SSSR count). The van der Waals surface area contributed by atoms with Gasteiger partial charge in [-0.25, -0.2) is 0 Å². The van der Waals surface area contributed by atoms with Gasteiger partial charge in [-0.15, -0.1) is 0 Å². The van der Waals surface area contributed by atoms with Crippen LogP contribution in [0.2, 0.25) is 0 Å². The third kappa shape index (κ3) is 6.04. The fraction of sp³-hybridized carbons (Fsp3) is 0.750. The van der Waals surface area contributed by atoms with Gasteiger partial charge in [0.2, 0.25) is 0 Å². The normalized spacial score (nSPS) is 14.1. The molecule has 11 heavy (non-hydrogen) atoms. The first-order chi connectivity index (χ1) is 5.35. The molecule has 0 saturated heterocycles. The molecule has 0 aromatic carbocycles. The molecule has 1 atom stereocenters. The lowest BCUT2D eigenvalue weighted by molar-refractivity contribution is 0.130. The SMILES string of the molecule is C/C=C/CNC(CO)COC. The average Bonchev–Trinajstić information content (AvgIpc) is 2.03. The molecule has 0 heterocycles. The number of ether oxygens (including phenoxy) is 1. The van der Waals surface area contributed by atoms with Crippen LogP contribution in [-0.2, 0) is 4.74 Å². The molecule has 3 nitrogen and oxygen atoms in total. The second-order valence-corrected chi connectivity index (χ2v) is 2.31. The summed E-state index contributed by atoms with van der Waals surface area (Å²) >= 11 is 0. The number of hydrogen-bond acceptors (Lipinski definition) is 3. The van der Waals surface area contributed by atoms with E-state index in [-0.39, 0.29) is 12.6 Å². The van der Waals surface area contributed by atoms with Gasteiger partial charge in [0, 0.05) is 13.7 Å². The molecule has 0 aliphatic heterocycles. The fourth-order valence-corrected chi connectivity index (χ4v) is 0.730. The second-order valence-electron chi connectivity index (χ2n) is 2.31. The Morgan fingerprint density at radius 3 is 2.82 bits per heavy atom. The molecule has 0 spiro atoms. The molecule has 0 amide bonds. The largest absolute Gasteiger partial charge is 0.395 e. The summed E-state index contributed by atoms with van der Waals surface area (Å²) in [4.78, 5) is 0. The molecule has 0 bridgehead atoms. The van der Waals surface area contributed by atoms with Gasteiger partial charge in [0.25, 0.3) is 0 Å². The van der Waals surface area contributed by atoms with Crippen LogP contribution in [0, 0.1) is 0 Å². The standard InChI is InChI=1S/C8H17NO2/c1-3-4-5-9-8(6-10)7-11-2/h3-4,8-10H,5-7H2,1-2H3/b4-3+. The lowest BCUT2D eigenvalue weighted by Crippen LogP contribution is -2.36. The number of nitrogens with one attached hydrogen (secondary N) is 1. The average molecular weight is 159 g/mol. The predicted octanol–water partition coefficient (Wildman–Crippen LogP) is 0.159. The molecule has 66 valence electrons. The van der Waals surface area contributed by atoms with E-state index in [0.717, 1.165) is 6.54 Å². The van der Waals surface area contributed by atoms with E-state index in [0.29, 0.717) is 6.61 Å². The van der Waals surface area contributed by atoms with Gasteiger partial charge in [-0.2, -0.15) is 0 Å². The molecule has 1 unspecified atom stereocenters. The highest BCUT2D eigenvalue weighted by molar-refractivity contribution is 4.81. The van der Waals surface area contributed by atoms with E-state index in [9.17, 15) is 0 Å². The molecule has 2 N–H and O–H groups in total. The highest BCUT2D eigenvalue weighted by Crippen LogP contribution is 1.82. The molecular weight excluding hydrogens is 142 g/mol. The number of hydrogen-bond donors (Lipinski definition) is 2. The molecule has 0 aromatic rings. The molecule has 0 aliphatic carbocycles. The van der Waals surface area contributed by atoms with E-state index in [4.69, 9.17) is 9.84 Å². The fourth-order valence-electron chi connectivity index (χ4n) is 0.730. The summed E-state index contributed by atoms with van der Waals surface area (Å²) < 4.78 is 4.88. The van der Waals surface area contributed by atoms with Crippen molar-refractivity contribution in [3.8, 4) is 0 Å². The summed E-state index contributed by atoms with van der Waals surface area (Å²) in [6, 6.07) is 0.0520. The van der Waals surface area contributed by atoms with Crippen LogP contribution in [0.1, 0.15) is 6.92 Å². The van der Waals surface area contributed by atoms with Crippen molar-refractivity contribution in [2.24, 2.45) is 0 Å². The van der Waals surface area contributed by atoms with Crippen molar-refractivity contribution in [1.29, 1.82) is 0 Å². The molecule has 0 radical (unpaired) electrons. The Hall–Kier alpha value is -0.380. The van der Waals surface area contributed by atoms with E-state index >= 15 is 0 Å². The van der Waals surface area contributed by atoms with Crippen LogP contribution < -0.4 is 5.32 Å². The van der Waals surface area contributed by atoms with Gasteiger partial charge in [0.15, 0.2) is 0 Å². The van der Waals surface area contributed by atoms with Crippen LogP contribution in [0.4, 0.5) is 0 Å². The summed E-state index contributed by atoms with van der Waals surface area (Å²) in [7, 11) is 1.62. The van der Waals surface area contributed by atoms with E-state index in [2.05, 4.69) is 5.32 Å². The summed E-state index contributed by atoms with van der Waals surface area (Å²) in [6.45, 7) is 3.41. The van der Waals surface area contributed by atoms with Crippen LogP contribution in [-0.4, -0.2) is 38.0 Å². The Kier molecular flexibility index (Phi) is 7.46. The van der Waals surface area contributed by atoms with Crippen LogP contribution in [0.15, 0.2) is 12.2 Å². The number of aliphatic hydroxyl groups excluding tert-OH is 1. The minimum Gasteiger partial charge on any atom is -0.395 e. The quantitative estimate of drug-likeness (QED) is 0.542. The Labute approximate surface area is 68.1 Å². The first kappa shape index (κ1) is 10.6. The van der Waals surface area contributed by atoms with E-state index in [1.165, 1.54) is 0 Å². The van der Waals surface area contributed by atoms with Crippen molar-refractivity contribution in [2.45, 2.75) is 13.0 Å². The first-order valence-electron chi connectivity index (χ1n) is 3.79. The molecule has 3 heteroatoms. The van der Waals surface area contributed by atoms with Gasteiger partial charge in [-0.3, -0.25) is 0 Å². The van der Waals surface area contributed by atoms with E-state index in [1.807, 2.05) is 19.1 Å². The maximum atomic E-state index is 8.79. The summed E-state index contributed by atoms with van der Waals surface area (Å²) in [5.41, 5.74) is 0. The van der Waals surface area contributed by atoms with E-state index < -0.39 is 0 Å². The van der Waals surface area contributed by atoms with Crippen LogP contribution in [0.25, 0.3) is 0 Å². The van der Waals surface area contributed by atoms with Gasteiger partial charge in [0.1, 0.15) is 0 Å². The van der Waals surface area contributed by atoms with Crippen molar-refractivity contribution in [1.82, 2.24) is 5.32 Å². The highest BCUT2D eigenvalue weighted by Gasteiger charge is 2.02. The van der Waals surface area contributed by atoms with Crippen LogP contribution >= 0.6 is 0 Å². The third-order valence-electron chi connectivity index (χ3n) is 1.35. The van der Waals surface area contributed by atoms with Crippen molar-refractivity contribution in [3.05, 3.63) is 12.2 Å². The van der Waals surface area contributed by atoms with Crippen molar-refractivity contribution < 1.29 is 9.84 Å². The number of aliphatic hydroxyl groups is 1. The second kappa shape index (κ2) is 7.72. The molecule has 0 fully saturated rings. The number of methoxy groups -OCH3 is 1. The van der Waals surface area contributed by atoms with Gasteiger partial charge in [-0.1, -0.05) is 12.2 Å². The Morgan fingerprint density at radius 2 is 2.36 bits per heavy atom. The van der Waals surface area contributed by atoms with Crippen molar-refractivity contribution >= 4 is 0 Å². The highest BCUT2D eigenvalue weighted by atomic mass is 16.5. The Balaban J connectivity index is 3.35. The minimum atomic E-state index is 0.0520. The van der Waals surface area contributed by atoms with Crippen molar-refractivity contribution in [3.63, 3.8) is 0 Å². The zero-order chi connectivity index (χ0) is 8.53. The van der Waals surface area contributed by atoms with Crippen LogP contribution in [0.5, 0.6) is 0 Å². The van der Waals surface area contributed by atoms with Crippen LogP contribution in [0.3, 0.4) is 0 Å². The first-order valence-corrected chi connectivity index (χ1v) is 3.79. The lowest BCUT2D eigenvalue weighted by atomic mass is 10.3. The summed E-state index contributed by atoms with van der Waals surface area (Å²) in [5.74, 6) is 0. The molecule has 0 saturated carbocycles. The summed E-state index contributed by atoms with van der Waals surface area (Å²) in [5, 5.41) is 11.9. The number of rotatable bonds is 6. The molecule has 0 aliphatic rings. The zero-order valence-corrected chi connectivity index (χ0v) is 7.21. The Bertz CT molecular complexity index is 104. The summed E-state index contributed by atoms with van der Waals surface area (Å²) in [6.07, 6.45) is 3.96.